The molecule has 2 aromatic rings. The fourth-order valence-corrected chi connectivity index (χ4v) is 2.93. The maximum atomic E-state index is 12.5. The number of nitrogens with zero attached hydrogens (tertiary/aromatic N) is 3. The number of allylic oxidation sites excluding steroid dienone is 2. The second-order valence-corrected chi connectivity index (χ2v) is 6.47. The monoisotopic (exact) mass is 409 g/mol. The van der Waals surface area contributed by atoms with Gasteiger partial charge in [-0.25, -0.2) is 9.59 Å². The van der Waals surface area contributed by atoms with Gasteiger partial charge in [0.1, 0.15) is 5.70 Å². The number of carbonyl (C=O) groups excluding carboxylic acids is 2. The summed E-state index contributed by atoms with van der Waals surface area (Å²) < 4.78 is 15.4. The SMILES string of the molecule is CCCCc1nnc(-c2ccc(N3C=CC=CC(C(=O)OC)=C3C(=O)OC)cc2)o1. The number of methoxy groups -OCH3 is 2. The number of rotatable bonds is 7. The van der Waals surface area contributed by atoms with Crippen molar-refractivity contribution < 1.29 is 23.5 Å². The van der Waals surface area contributed by atoms with E-state index in [9.17, 15) is 9.59 Å². The number of hydrogen-bond acceptors (Lipinski definition) is 8. The summed E-state index contributed by atoms with van der Waals surface area (Å²) in [5.74, 6) is -0.258. The van der Waals surface area contributed by atoms with Gasteiger partial charge in [0.15, 0.2) is 0 Å². The van der Waals surface area contributed by atoms with E-state index in [0.29, 0.717) is 17.5 Å². The second kappa shape index (κ2) is 9.69. The first-order valence-electron chi connectivity index (χ1n) is 9.56. The molecule has 0 amide bonds. The Labute approximate surface area is 174 Å². The molecule has 1 aromatic carbocycles. The summed E-state index contributed by atoms with van der Waals surface area (Å²) in [4.78, 5) is 26.3. The van der Waals surface area contributed by atoms with Crippen molar-refractivity contribution in [2.24, 2.45) is 0 Å². The minimum Gasteiger partial charge on any atom is -0.465 e. The van der Waals surface area contributed by atoms with Gasteiger partial charge in [0.2, 0.25) is 11.8 Å². The fourth-order valence-electron chi connectivity index (χ4n) is 2.93. The lowest BCUT2D eigenvalue weighted by Gasteiger charge is -2.23. The molecule has 1 aliphatic rings. The van der Waals surface area contributed by atoms with E-state index in [2.05, 4.69) is 17.1 Å². The molecule has 1 aliphatic heterocycles. The summed E-state index contributed by atoms with van der Waals surface area (Å²) in [6, 6.07) is 7.20. The molecule has 0 bridgehead atoms. The number of aromatic nitrogens is 2. The van der Waals surface area contributed by atoms with Gasteiger partial charge < -0.3 is 18.8 Å². The summed E-state index contributed by atoms with van der Waals surface area (Å²) >= 11 is 0. The summed E-state index contributed by atoms with van der Waals surface area (Å²) in [6.45, 7) is 2.10. The summed E-state index contributed by atoms with van der Waals surface area (Å²) in [6.07, 6.45) is 9.33. The van der Waals surface area contributed by atoms with Gasteiger partial charge in [-0.2, -0.15) is 0 Å². The highest BCUT2D eigenvalue weighted by Crippen LogP contribution is 2.28. The Hall–Kier alpha value is -3.68. The van der Waals surface area contributed by atoms with Gasteiger partial charge in [0.05, 0.1) is 19.8 Å². The van der Waals surface area contributed by atoms with Gasteiger partial charge in [0.25, 0.3) is 0 Å². The van der Waals surface area contributed by atoms with Crippen LogP contribution in [0.2, 0.25) is 0 Å². The summed E-state index contributed by atoms with van der Waals surface area (Å²) in [5.41, 5.74) is 1.55. The molecule has 0 fully saturated rings. The smallest absolute Gasteiger partial charge is 0.355 e. The molecule has 0 aliphatic carbocycles. The zero-order valence-electron chi connectivity index (χ0n) is 17.1. The van der Waals surface area contributed by atoms with Crippen LogP contribution in [-0.2, 0) is 25.5 Å². The number of carbonyl (C=O) groups is 2. The number of esters is 2. The molecule has 3 rings (SSSR count). The average molecular weight is 409 g/mol. The number of ether oxygens (including phenoxy) is 2. The van der Waals surface area contributed by atoms with E-state index in [1.165, 1.54) is 20.3 Å². The Bertz CT molecular complexity index is 1000. The molecule has 8 nitrogen and oxygen atoms in total. The molecule has 156 valence electrons. The third-order valence-corrected chi connectivity index (χ3v) is 4.49. The van der Waals surface area contributed by atoms with E-state index < -0.39 is 11.9 Å². The van der Waals surface area contributed by atoms with Crippen LogP contribution in [0.15, 0.2) is 64.4 Å². The molecular weight excluding hydrogens is 386 g/mol. The molecule has 0 N–H and O–H groups in total. The summed E-state index contributed by atoms with van der Waals surface area (Å²) in [7, 11) is 2.52. The molecule has 0 unspecified atom stereocenters. The van der Waals surface area contributed by atoms with E-state index in [1.54, 1.807) is 35.4 Å². The second-order valence-electron chi connectivity index (χ2n) is 6.47. The third-order valence-electron chi connectivity index (χ3n) is 4.49. The molecular formula is C22H23N3O5. The van der Waals surface area contributed by atoms with Crippen molar-refractivity contribution in [1.29, 1.82) is 0 Å². The van der Waals surface area contributed by atoms with Gasteiger partial charge in [-0.15, -0.1) is 10.2 Å². The maximum absolute atomic E-state index is 12.5. The topological polar surface area (TPSA) is 94.8 Å². The minimum absolute atomic E-state index is 0.0572. The normalized spacial score (nSPS) is 13.4. The first-order chi connectivity index (χ1) is 14.6. The quantitative estimate of drug-likeness (QED) is 0.641. The van der Waals surface area contributed by atoms with Crippen LogP contribution in [0.3, 0.4) is 0 Å². The van der Waals surface area contributed by atoms with E-state index in [1.807, 2.05) is 12.1 Å². The minimum atomic E-state index is -0.659. The van der Waals surface area contributed by atoms with Gasteiger partial charge in [-0.1, -0.05) is 19.4 Å². The number of benzene rings is 1. The van der Waals surface area contributed by atoms with E-state index in [4.69, 9.17) is 13.9 Å². The van der Waals surface area contributed by atoms with Crippen LogP contribution >= 0.6 is 0 Å². The fraction of sp³-hybridized carbons (Fsp3) is 0.273. The molecule has 1 aromatic heterocycles. The largest absolute Gasteiger partial charge is 0.465 e. The highest BCUT2D eigenvalue weighted by Gasteiger charge is 2.27. The lowest BCUT2D eigenvalue weighted by molar-refractivity contribution is -0.139. The highest BCUT2D eigenvalue weighted by atomic mass is 16.5. The third kappa shape index (κ3) is 4.48. The van der Waals surface area contributed by atoms with Crippen LogP contribution in [0, 0.1) is 0 Å². The zero-order chi connectivity index (χ0) is 21.5. The molecule has 0 atom stereocenters. The van der Waals surface area contributed by atoms with E-state index >= 15 is 0 Å². The van der Waals surface area contributed by atoms with Gasteiger partial charge in [0, 0.05) is 23.9 Å². The van der Waals surface area contributed by atoms with Crippen LogP contribution in [0.4, 0.5) is 5.69 Å². The standard InChI is InChI=1S/C22H23N3O5/c1-4-5-9-18-23-24-20(30-18)15-10-12-16(13-11-15)25-14-7-6-8-17(21(26)28-2)19(25)22(27)29-3/h6-8,10-14H,4-5,9H2,1-3H3. The molecule has 8 heteroatoms. The maximum Gasteiger partial charge on any atom is 0.355 e. The predicted octanol–water partition coefficient (Wildman–Crippen LogP) is 3.57. The van der Waals surface area contributed by atoms with Crippen molar-refractivity contribution >= 4 is 17.6 Å². The van der Waals surface area contributed by atoms with Crippen molar-refractivity contribution in [3.63, 3.8) is 0 Å². The Morgan fingerprint density at radius 1 is 1.03 bits per heavy atom. The lowest BCUT2D eigenvalue weighted by Crippen LogP contribution is -2.26. The van der Waals surface area contributed by atoms with Gasteiger partial charge in [-0.3, -0.25) is 0 Å². The van der Waals surface area contributed by atoms with Crippen LogP contribution in [0.25, 0.3) is 11.5 Å². The van der Waals surface area contributed by atoms with E-state index in [-0.39, 0.29) is 11.3 Å². The van der Waals surface area contributed by atoms with Crippen molar-refractivity contribution in [3.8, 4) is 11.5 Å². The van der Waals surface area contributed by atoms with Gasteiger partial charge in [-0.05, 0) is 42.8 Å². The Morgan fingerprint density at radius 2 is 1.77 bits per heavy atom. The predicted molar refractivity (Wildman–Crippen MR) is 110 cm³/mol. The van der Waals surface area contributed by atoms with Crippen LogP contribution in [0.1, 0.15) is 25.7 Å². The molecule has 0 radical (unpaired) electrons. The first-order valence-corrected chi connectivity index (χ1v) is 9.56. The van der Waals surface area contributed by atoms with Crippen LogP contribution < -0.4 is 4.90 Å². The molecule has 0 spiro atoms. The summed E-state index contributed by atoms with van der Waals surface area (Å²) in [5, 5.41) is 8.17. The highest BCUT2D eigenvalue weighted by molar-refractivity contribution is 6.05. The Morgan fingerprint density at radius 3 is 2.43 bits per heavy atom. The number of aryl methyl sites for hydroxylation is 1. The molecule has 2 heterocycles. The molecule has 30 heavy (non-hydrogen) atoms. The van der Waals surface area contributed by atoms with Crippen molar-refractivity contribution in [3.05, 3.63) is 65.9 Å². The average Bonchev–Trinajstić information content (AvgIpc) is 3.14. The van der Waals surface area contributed by atoms with Crippen LogP contribution in [-0.4, -0.2) is 36.4 Å². The van der Waals surface area contributed by atoms with Crippen molar-refractivity contribution in [1.82, 2.24) is 10.2 Å². The molecule has 0 saturated heterocycles. The number of hydrogen-bond donors (Lipinski definition) is 0. The number of unbranched alkanes of at least 4 members (excludes halogenated alkanes) is 1. The Kier molecular flexibility index (Phi) is 6.79. The van der Waals surface area contributed by atoms with Crippen molar-refractivity contribution in [2.75, 3.05) is 19.1 Å². The Balaban J connectivity index is 1.94. The van der Waals surface area contributed by atoms with Crippen LogP contribution in [0.5, 0.6) is 0 Å². The van der Waals surface area contributed by atoms with Gasteiger partial charge >= 0.3 is 11.9 Å². The molecule has 0 saturated carbocycles. The first kappa shape index (κ1) is 21.0. The van der Waals surface area contributed by atoms with Crippen molar-refractivity contribution in [2.45, 2.75) is 26.2 Å². The van der Waals surface area contributed by atoms with E-state index in [0.717, 1.165) is 24.8 Å². The number of anilines is 1. The zero-order valence-corrected chi connectivity index (χ0v) is 17.1. The lowest BCUT2D eigenvalue weighted by atomic mass is 10.1.